The molecule has 3 aromatic carbocycles. The van der Waals surface area contributed by atoms with E-state index in [0.717, 1.165) is 16.2 Å². The molecule has 0 heterocycles. The van der Waals surface area contributed by atoms with E-state index < -0.39 is 18.8 Å². The van der Waals surface area contributed by atoms with Crippen molar-refractivity contribution in [3.8, 4) is 0 Å². The number of hydrogen-bond acceptors (Lipinski definition) is 4. The molecule has 0 aliphatic heterocycles. The van der Waals surface area contributed by atoms with Crippen molar-refractivity contribution in [2.24, 2.45) is 0 Å². The minimum Gasteiger partial charge on any atom is -0.550 e. The minimum atomic E-state index is -2.91. The standard InChI is InChI=1S/C26H21O4P.2C5H10.Zr/c1-29-25(27)20-24(26(28)30-2)31(22-14-8-4-9-15-22,23-16-10-5-11-17-23)19-18-21-12-6-3-7-13-21;2*1-2-4-5-3-1;/h3-12,14-18H,1-2H3;2*1-5H2;/q-2;;;+4. The second-order valence-corrected chi connectivity index (χ2v) is 13.0. The summed E-state index contributed by atoms with van der Waals surface area (Å²) < 4.78 is 9.88. The van der Waals surface area contributed by atoms with Gasteiger partial charge in [-0.2, -0.15) is 5.45 Å². The van der Waals surface area contributed by atoms with Gasteiger partial charge in [0.15, 0.2) is 5.97 Å². The fraction of sp³-hybridized carbons (Fsp3) is 0.333. The van der Waals surface area contributed by atoms with Crippen molar-refractivity contribution in [2.45, 2.75) is 64.2 Å². The zero-order valence-corrected chi connectivity index (χ0v) is 28.2. The molecule has 42 heavy (non-hydrogen) atoms. The Morgan fingerprint density at radius 2 is 1.17 bits per heavy atom. The summed E-state index contributed by atoms with van der Waals surface area (Å²) in [5.41, 5.74) is 4.27. The number of methoxy groups -OCH3 is 2. The smallest absolute Gasteiger partial charge is 0.550 e. The van der Waals surface area contributed by atoms with Crippen LogP contribution in [0.25, 0.3) is 6.08 Å². The molecule has 2 saturated carbocycles. The van der Waals surface area contributed by atoms with Crippen LogP contribution in [0.4, 0.5) is 0 Å². The normalized spacial score (nSPS) is 14.0. The summed E-state index contributed by atoms with van der Waals surface area (Å²) in [4.78, 5) is 25.2. The summed E-state index contributed by atoms with van der Waals surface area (Å²) in [6, 6.07) is 29.6. The van der Waals surface area contributed by atoms with E-state index in [1.165, 1.54) is 78.4 Å². The van der Waals surface area contributed by atoms with Crippen LogP contribution in [-0.4, -0.2) is 31.6 Å². The van der Waals surface area contributed by atoms with Gasteiger partial charge < -0.3 is 14.3 Å². The number of ether oxygens (including phenoxy) is 2. The summed E-state index contributed by atoms with van der Waals surface area (Å²) in [5, 5.41) is 1.72. The van der Waals surface area contributed by atoms with Gasteiger partial charge in [-0.25, -0.2) is 0 Å². The van der Waals surface area contributed by atoms with Gasteiger partial charge in [0.25, 0.3) is 0 Å². The van der Waals surface area contributed by atoms with E-state index in [0.29, 0.717) is 0 Å². The van der Waals surface area contributed by atoms with Gasteiger partial charge in [0.1, 0.15) is 0 Å². The molecule has 0 aromatic heterocycles. The molecule has 3 aromatic rings. The molecule has 5 rings (SSSR count). The number of esters is 2. The zero-order chi connectivity index (χ0) is 29.2. The fourth-order valence-corrected chi connectivity index (χ4v) is 8.31. The van der Waals surface area contributed by atoms with E-state index in [1.54, 1.807) is 12.1 Å². The molecule has 216 valence electrons. The summed E-state index contributed by atoms with van der Waals surface area (Å²) in [5.74, 6) is -1.42. The second-order valence-electron chi connectivity index (χ2n) is 9.93. The second kappa shape index (κ2) is 20.3. The Labute approximate surface area is 271 Å². The Balaban J connectivity index is 0.000000469. The number of hydrogen-bond donors (Lipinski definition) is 0. The molecule has 0 saturated heterocycles. The van der Waals surface area contributed by atoms with Gasteiger partial charge in [-0.1, -0.05) is 136 Å². The maximum absolute atomic E-state index is 13.0. The van der Waals surface area contributed by atoms with Crippen LogP contribution in [0.3, 0.4) is 0 Å². The van der Waals surface area contributed by atoms with E-state index in [2.05, 4.69) is 17.6 Å². The molecule has 0 spiro atoms. The molecule has 2 fully saturated rings. The fourth-order valence-electron chi connectivity index (χ4n) is 4.87. The van der Waals surface area contributed by atoms with Crippen molar-refractivity contribution in [3.05, 3.63) is 108 Å². The van der Waals surface area contributed by atoms with Gasteiger partial charge in [-0.15, -0.1) is 42.0 Å². The van der Waals surface area contributed by atoms with Gasteiger partial charge in [0, 0.05) is 0 Å². The van der Waals surface area contributed by atoms with Crippen LogP contribution in [0.1, 0.15) is 69.8 Å². The maximum Gasteiger partial charge on any atom is 4.00 e. The number of rotatable bonds is 6. The van der Waals surface area contributed by atoms with E-state index in [4.69, 9.17) is 9.47 Å². The topological polar surface area (TPSA) is 52.6 Å². The molecule has 2 aliphatic rings. The molecule has 0 amide bonds. The van der Waals surface area contributed by atoms with Crippen LogP contribution < -0.4 is 10.6 Å². The number of carbonyl (C=O) groups excluding carboxylic acids is 2. The molecule has 0 N–H and O–H groups in total. The molecule has 6 heteroatoms. The molecule has 0 unspecified atom stereocenters. The molecule has 0 radical (unpaired) electrons. The molecular formula is C36H41O4PZr+2. The van der Waals surface area contributed by atoms with Crippen molar-refractivity contribution in [1.82, 2.24) is 0 Å². The van der Waals surface area contributed by atoms with Crippen molar-refractivity contribution < 1.29 is 45.3 Å². The van der Waals surface area contributed by atoms with Gasteiger partial charge in [0.2, 0.25) is 5.97 Å². The van der Waals surface area contributed by atoms with Gasteiger partial charge in [-0.05, 0) is 17.5 Å². The van der Waals surface area contributed by atoms with Crippen LogP contribution in [0, 0.1) is 12.1 Å². The van der Waals surface area contributed by atoms with Crippen molar-refractivity contribution in [3.63, 3.8) is 0 Å². The van der Waals surface area contributed by atoms with E-state index in [1.807, 2.05) is 78.9 Å². The van der Waals surface area contributed by atoms with Crippen molar-refractivity contribution in [2.75, 3.05) is 14.2 Å². The van der Waals surface area contributed by atoms with Crippen LogP contribution in [0.5, 0.6) is 0 Å². The molecule has 0 atom stereocenters. The first-order chi connectivity index (χ1) is 20.1. The van der Waals surface area contributed by atoms with Gasteiger partial charge >= 0.3 is 26.2 Å². The third-order valence-electron chi connectivity index (χ3n) is 7.05. The van der Waals surface area contributed by atoms with Gasteiger partial charge in [-0.3, -0.25) is 4.79 Å². The minimum absolute atomic E-state index is 0. The Bertz CT molecular complexity index is 1250. The Hall–Kier alpha value is -2.70. The summed E-state index contributed by atoms with van der Waals surface area (Å²) in [6.07, 6.45) is 19.4. The van der Waals surface area contributed by atoms with Crippen molar-refractivity contribution >= 4 is 41.0 Å². The third kappa shape index (κ3) is 10.9. The first-order valence-electron chi connectivity index (χ1n) is 14.5. The van der Waals surface area contributed by atoms with E-state index >= 15 is 0 Å². The first-order valence-corrected chi connectivity index (χ1v) is 16.3. The molecule has 0 bridgehead atoms. The molecule has 4 nitrogen and oxygen atoms in total. The monoisotopic (exact) mass is 658 g/mol. The largest absolute Gasteiger partial charge is 4.00 e. The van der Waals surface area contributed by atoms with Crippen LogP contribution in [0.15, 0.2) is 90.2 Å². The number of carbonyl (C=O) groups is 2. The van der Waals surface area contributed by atoms with E-state index in [-0.39, 0.29) is 31.5 Å². The van der Waals surface area contributed by atoms with Crippen LogP contribution in [0.2, 0.25) is 0 Å². The first kappa shape index (κ1) is 35.5. The number of benzene rings is 3. The summed E-state index contributed by atoms with van der Waals surface area (Å²) in [6.45, 7) is -2.91. The average molecular weight is 660 g/mol. The Kier molecular flexibility index (Phi) is 17.1. The summed E-state index contributed by atoms with van der Waals surface area (Å²) in [7, 11) is 2.52. The van der Waals surface area contributed by atoms with Gasteiger partial charge in [0.05, 0.1) is 14.2 Å². The SMILES string of the molecule is C1CCCC1.C1CCCC1.COC(=O)[C-]=C(C(=O)OC)P(=C=Cc1[c-]cccc1)(c1ccccc1)c1ccccc1.[Zr+4]. The molecular weight excluding hydrogens is 619 g/mol. The molecule has 2 aliphatic carbocycles. The predicted octanol–water partition coefficient (Wildman–Crippen LogP) is 7.50. The third-order valence-corrected chi connectivity index (χ3v) is 10.7. The predicted molar refractivity (Wildman–Crippen MR) is 171 cm³/mol. The van der Waals surface area contributed by atoms with Crippen molar-refractivity contribution in [1.29, 1.82) is 0 Å². The zero-order valence-electron chi connectivity index (χ0n) is 24.8. The van der Waals surface area contributed by atoms with Crippen LogP contribution >= 0.6 is 6.89 Å². The quantitative estimate of drug-likeness (QED) is 0.119. The van der Waals surface area contributed by atoms with Crippen LogP contribution in [-0.2, 0) is 45.3 Å². The average Bonchev–Trinajstić information content (AvgIpc) is 3.82. The maximum atomic E-state index is 13.0. The Morgan fingerprint density at radius 3 is 1.55 bits per heavy atom. The van der Waals surface area contributed by atoms with E-state index in [9.17, 15) is 9.59 Å². The summed E-state index contributed by atoms with van der Waals surface area (Å²) >= 11 is 0. The Morgan fingerprint density at radius 1 is 0.714 bits per heavy atom.